The van der Waals surface area contributed by atoms with Crippen molar-refractivity contribution in [2.45, 2.75) is 50.7 Å². The first kappa shape index (κ1) is 16.6. The van der Waals surface area contributed by atoms with Gasteiger partial charge in [0.15, 0.2) is 6.17 Å². The molecule has 1 aromatic rings. The van der Waals surface area contributed by atoms with Crippen LogP contribution >= 0.6 is 0 Å². The van der Waals surface area contributed by atoms with Crippen LogP contribution in [0.1, 0.15) is 32.5 Å². The van der Waals surface area contributed by atoms with Crippen molar-refractivity contribution in [3.8, 4) is 0 Å². The highest BCUT2D eigenvalue weighted by Gasteiger charge is 2.39. The van der Waals surface area contributed by atoms with E-state index in [1.807, 2.05) is 20.8 Å². The second-order valence-corrected chi connectivity index (χ2v) is 6.48. The summed E-state index contributed by atoms with van der Waals surface area (Å²) in [5.41, 5.74) is 0.0880. The third-order valence-electron chi connectivity index (χ3n) is 3.40. The molecule has 4 atom stereocenters. The number of esters is 1. The zero-order valence-electron chi connectivity index (χ0n) is 13.0. The Bertz CT molecular complexity index is 539. The van der Waals surface area contributed by atoms with E-state index in [1.165, 1.54) is 6.08 Å². The molecule has 0 spiro atoms. The van der Waals surface area contributed by atoms with Crippen molar-refractivity contribution in [1.29, 1.82) is 0 Å². The van der Waals surface area contributed by atoms with E-state index in [-0.39, 0.29) is 5.54 Å². The molecule has 1 aliphatic heterocycles. The number of rotatable bonds is 4. The minimum atomic E-state index is -1.63. The van der Waals surface area contributed by atoms with Gasteiger partial charge >= 0.3 is 5.97 Å². The predicted molar refractivity (Wildman–Crippen MR) is 82.0 cm³/mol. The van der Waals surface area contributed by atoms with Crippen LogP contribution < -0.4 is 5.32 Å². The highest BCUT2D eigenvalue weighted by molar-refractivity contribution is 5.83. The molecule has 0 unspecified atom stereocenters. The number of carbonyl (C=O) groups excluding carboxylic acids is 1. The Morgan fingerprint density at radius 3 is 2.50 bits per heavy atom. The normalized spacial score (nSPS) is 24.7. The van der Waals surface area contributed by atoms with Crippen LogP contribution in [0, 0.1) is 0 Å². The molecular weight excluding hydrogens is 285 g/mol. The van der Waals surface area contributed by atoms with Crippen LogP contribution in [-0.4, -0.2) is 34.9 Å². The van der Waals surface area contributed by atoms with Gasteiger partial charge in [-0.15, -0.1) is 0 Å². The summed E-state index contributed by atoms with van der Waals surface area (Å²) in [6.45, 7) is 5.85. The largest absolute Gasteiger partial charge is 0.454 e. The maximum Gasteiger partial charge on any atom is 0.330 e. The Morgan fingerprint density at radius 1 is 1.27 bits per heavy atom. The molecule has 0 fully saturated rings. The van der Waals surface area contributed by atoms with Crippen LogP contribution in [0.3, 0.4) is 0 Å². The molecule has 0 saturated carbocycles. The van der Waals surface area contributed by atoms with Crippen LogP contribution in [0.4, 0.5) is 4.39 Å². The van der Waals surface area contributed by atoms with Crippen LogP contribution in [0.25, 0.3) is 0 Å². The number of halogens is 1. The molecule has 2 N–H and O–H groups in total. The maximum absolute atomic E-state index is 14.6. The maximum atomic E-state index is 14.6. The molecule has 1 aromatic carbocycles. The predicted octanol–water partition coefficient (Wildman–Crippen LogP) is 2.30. The van der Waals surface area contributed by atoms with Crippen LogP contribution in [0.5, 0.6) is 0 Å². The molecule has 0 radical (unpaired) electrons. The summed E-state index contributed by atoms with van der Waals surface area (Å²) >= 11 is 0. The van der Waals surface area contributed by atoms with E-state index in [9.17, 15) is 14.3 Å². The second-order valence-electron chi connectivity index (χ2n) is 6.48. The quantitative estimate of drug-likeness (QED) is 0.838. The van der Waals surface area contributed by atoms with Crippen LogP contribution in [-0.2, 0) is 9.53 Å². The fraction of sp³-hybridized carbons (Fsp3) is 0.471. The minimum absolute atomic E-state index is 0.269. The molecule has 1 aliphatic rings. The van der Waals surface area contributed by atoms with E-state index in [0.29, 0.717) is 5.56 Å². The van der Waals surface area contributed by atoms with Gasteiger partial charge in [0.2, 0.25) is 0 Å². The summed E-state index contributed by atoms with van der Waals surface area (Å²) in [6, 6.07) is 7.92. The van der Waals surface area contributed by atoms with E-state index in [0.717, 1.165) is 0 Å². The molecule has 120 valence electrons. The van der Waals surface area contributed by atoms with Crippen molar-refractivity contribution in [3.63, 3.8) is 0 Å². The number of aliphatic hydroxyl groups excluding tert-OH is 1. The Balaban J connectivity index is 2.19. The molecule has 5 heteroatoms. The first-order valence-electron chi connectivity index (χ1n) is 7.31. The lowest BCUT2D eigenvalue weighted by Crippen LogP contribution is -2.55. The monoisotopic (exact) mass is 307 g/mol. The van der Waals surface area contributed by atoms with Gasteiger partial charge in [-0.05, 0) is 26.3 Å². The molecular formula is C17H22FNO3. The van der Waals surface area contributed by atoms with Crippen molar-refractivity contribution in [2.24, 2.45) is 0 Å². The lowest BCUT2D eigenvalue weighted by atomic mass is 9.93. The average Bonchev–Trinajstić information content (AvgIpc) is 2.47. The summed E-state index contributed by atoms with van der Waals surface area (Å²) in [5, 5.41) is 13.6. The van der Waals surface area contributed by atoms with Crippen LogP contribution in [0.2, 0.25) is 0 Å². The topological polar surface area (TPSA) is 58.6 Å². The number of alkyl halides is 1. The molecule has 2 rings (SSSR count). The van der Waals surface area contributed by atoms with Gasteiger partial charge in [0.25, 0.3) is 0 Å². The first-order valence-corrected chi connectivity index (χ1v) is 7.31. The summed E-state index contributed by atoms with van der Waals surface area (Å²) in [7, 11) is 0. The highest BCUT2D eigenvalue weighted by atomic mass is 19.1. The summed E-state index contributed by atoms with van der Waals surface area (Å²) in [5.74, 6) is -0.573. The molecule has 4 nitrogen and oxygen atoms in total. The van der Waals surface area contributed by atoms with Crippen molar-refractivity contribution in [2.75, 3.05) is 0 Å². The Labute approximate surface area is 130 Å². The van der Waals surface area contributed by atoms with Gasteiger partial charge in [0, 0.05) is 11.6 Å². The van der Waals surface area contributed by atoms with Gasteiger partial charge in [-0.1, -0.05) is 36.4 Å². The molecule has 0 aliphatic carbocycles. The number of benzene rings is 1. The number of cyclic esters (lactones) is 1. The van der Waals surface area contributed by atoms with E-state index < -0.39 is 30.4 Å². The number of nitrogens with one attached hydrogen (secondary N) is 1. The molecule has 22 heavy (non-hydrogen) atoms. The van der Waals surface area contributed by atoms with Gasteiger partial charge in [0.05, 0.1) is 6.04 Å². The lowest BCUT2D eigenvalue weighted by Gasteiger charge is -2.36. The lowest BCUT2D eigenvalue weighted by molar-refractivity contribution is -0.156. The fourth-order valence-corrected chi connectivity index (χ4v) is 2.45. The number of carbonyl (C=O) groups is 1. The van der Waals surface area contributed by atoms with Crippen molar-refractivity contribution in [3.05, 3.63) is 48.0 Å². The molecule has 0 aromatic heterocycles. The summed E-state index contributed by atoms with van der Waals surface area (Å²) in [6.07, 6.45) is -1.15. The smallest absolute Gasteiger partial charge is 0.330 e. The molecule has 0 saturated heterocycles. The zero-order valence-corrected chi connectivity index (χ0v) is 13.0. The molecule has 0 amide bonds. The van der Waals surface area contributed by atoms with E-state index in [2.05, 4.69) is 5.32 Å². The van der Waals surface area contributed by atoms with E-state index in [4.69, 9.17) is 4.74 Å². The van der Waals surface area contributed by atoms with E-state index >= 15 is 0 Å². The van der Waals surface area contributed by atoms with E-state index in [1.54, 1.807) is 36.4 Å². The molecule has 1 heterocycles. The van der Waals surface area contributed by atoms with Gasteiger partial charge in [-0.2, -0.15) is 0 Å². The number of aliphatic hydroxyl groups is 1. The minimum Gasteiger partial charge on any atom is -0.454 e. The van der Waals surface area contributed by atoms with Crippen molar-refractivity contribution < 1.29 is 19.0 Å². The van der Waals surface area contributed by atoms with Gasteiger partial charge < -0.3 is 15.2 Å². The highest BCUT2D eigenvalue weighted by Crippen LogP contribution is 2.28. The third-order valence-corrected chi connectivity index (χ3v) is 3.40. The Hall–Kier alpha value is -1.72. The third kappa shape index (κ3) is 4.15. The van der Waals surface area contributed by atoms with Crippen molar-refractivity contribution >= 4 is 5.97 Å². The summed E-state index contributed by atoms with van der Waals surface area (Å²) < 4.78 is 19.7. The van der Waals surface area contributed by atoms with Gasteiger partial charge in [-0.25, -0.2) is 9.18 Å². The Morgan fingerprint density at radius 2 is 1.91 bits per heavy atom. The number of hydrogen-bond donors (Lipinski definition) is 2. The van der Waals surface area contributed by atoms with Gasteiger partial charge in [0.1, 0.15) is 12.2 Å². The SMILES string of the molecule is CC(C)(C)N[C@H]1C=CC(=O)O[C@H]1[C@@H](O)[C@H](F)c1ccccc1. The standard InChI is InChI=1S/C17H22FNO3/c1-17(2,3)19-12-9-10-13(20)22-16(12)15(21)14(18)11-7-5-4-6-8-11/h4-10,12,14-16,19,21H,1-3H3/t12-,14+,15-,16+/m0/s1. The zero-order chi connectivity index (χ0) is 16.3. The number of hydrogen-bond acceptors (Lipinski definition) is 4. The molecule has 0 bridgehead atoms. The van der Waals surface area contributed by atoms with Gasteiger partial charge in [-0.3, -0.25) is 0 Å². The average molecular weight is 307 g/mol. The summed E-state index contributed by atoms with van der Waals surface area (Å²) in [4.78, 5) is 11.5. The Kier molecular flexibility index (Phi) is 4.98. The second kappa shape index (κ2) is 6.58. The van der Waals surface area contributed by atoms with Crippen LogP contribution in [0.15, 0.2) is 42.5 Å². The van der Waals surface area contributed by atoms with Crippen molar-refractivity contribution in [1.82, 2.24) is 5.32 Å². The number of ether oxygens (including phenoxy) is 1. The first-order chi connectivity index (χ1) is 10.3. The fourth-order valence-electron chi connectivity index (χ4n) is 2.45.